The molecule has 0 amide bonds. The smallest absolute Gasteiger partial charge is 0.184 e. The van der Waals surface area contributed by atoms with Crippen molar-refractivity contribution in [2.45, 2.75) is 53.5 Å². The van der Waals surface area contributed by atoms with E-state index in [0.29, 0.717) is 5.92 Å². The number of hydrogen-bond donors (Lipinski definition) is 2. The predicted octanol–water partition coefficient (Wildman–Crippen LogP) is 4.02. The van der Waals surface area contributed by atoms with Crippen molar-refractivity contribution in [1.82, 2.24) is 5.32 Å². The second-order valence-electron chi connectivity index (χ2n) is 6.70. The number of ketones is 1. The highest BCUT2D eigenvalue weighted by Crippen LogP contribution is 2.23. The first-order chi connectivity index (χ1) is 9.77. The topological polar surface area (TPSA) is 41.1 Å². The Hall–Kier alpha value is -1.35. The van der Waals surface area contributed by atoms with E-state index >= 15 is 0 Å². The third-order valence-electron chi connectivity index (χ3n) is 3.51. The number of rotatable bonds is 8. The molecule has 0 heterocycles. The fourth-order valence-corrected chi connectivity index (χ4v) is 2.14. The van der Waals surface area contributed by atoms with Crippen molar-refractivity contribution in [3.63, 3.8) is 0 Å². The molecule has 3 heteroatoms. The molecule has 0 saturated heterocycles. The molecule has 0 saturated carbocycles. The minimum Gasteiger partial charge on any atom is -0.384 e. The van der Waals surface area contributed by atoms with Crippen LogP contribution >= 0.6 is 0 Å². The lowest BCUT2D eigenvalue weighted by molar-refractivity contribution is 0.0880. The van der Waals surface area contributed by atoms with Crippen LogP contribution in [0.15, 0.2) is 18.2 Å². The maximum Gasteiger partial charge on any atom is 0.184 e. The van der Waals surface area contributed by atoms with Crippen LogP contribution in [0.2, 0.25) is 0 Å². The molecule has 0 aliphatic heterocycles. The number of benzene rings is 1. The number of carbonyl (C=O) groups excluding carboxylic acids is 1. The van der Waals surface area contributed by atoms with Gasteiger partial charge >= 0.3 is 0 Å². The van der Waals surface area contributed by atoms with Crippen LogP contribution in [0.5, 0.6) is 0 Å². The Morgan fingerprint density at radius 3 is 2.52 bits per heavy atom. The van der Waals surface area contributed by atoms with Crippen LogP contribution in [0.3, 0.4) is 0 Å². The zero-order valence-corrected chi connectivity index (χ0v) is 14.3. The van der Waals surface area contributed by atoms with Crippen LogP contribution in [0.1, 0.15) is 57.0 Å². The second-order valence-corrected chi connectivity index (χ2v) is 6.70. The predicted molar refractivity (Wildman–Crippen MR) is 91.2 cm³/mol. The average molecular weight is 290 g/mol. The Morgan fingerprint density at radius 1 is 1.29 bits per heavy atom. The molecule has 0 aromatic heterocycles. The minimum absolute atomic E-state index is 0.141. The highest BCUT2D eigenvalue weighted by Gasteiger charge is 2.29. The van der Waals surface area contributed by atoms with Crippen molar-refractivity contribution >= 4 is 11.5 Å². The molecule has 0 atom stereocenters. The van der Waals surface area contributed by atoms with E-state index in [0.717, 1.165) is 36.3 Å². The van der Waals surface area contributed by atoms with Gasteiger partial charge in [-0.1, -0.05) is 26.8 Å². The van der Waals surface area contributed by atoms with Crippen LogP contribution in [-0.4, -0.2) is 24.4 Å². The molecular weight excluding hydrogens is 260 g/mol. The maximum atomic E-state index is 12.9. The van der Waals surface area contributed by atoms with E-state index in [9.17, 15) is 4.79 Å². The largest absolute Gasteiger partial charge is 0.384 e. The molecule has 21 heavy (non-hydrogen) atoms. The van der Waals surface area contributed by atoms with Gasteiger partial charge in [-0.3, -0.25) is 4.79 Å². The van der Waals surface area contributed by atoms with Gasteiger partial charge in [-0.05, 0) is 57.4 Å². The summed E-state index contributed by atoms with van der Waals surface area (Å²) in [5, 5.41) is 6.75. The summed E-state index contributed by atoms with van der Waals surface area (Å²) in [6.07, 6.45) is 1.04. The molecule has 0 spiro atoms. The highest BCUT2D eigenvalue weighted by molar-refractivity contribution is 6.06. The summed E-state index contributed by atoms with van der Waals surface area (Å²) in [6.45, 7) is 14.1. The van der Waals surface area contributed by atoms with E-state index in [2.05, 4.69) is 37.5 Å². The lowest BCUT2D eigenvalue weighted by Gasteiger charge is -2.27. The third-order valence-corrected chi connectivity index (χ3v) is 3.51. The Morgan fingerprint density at radius 2 is 1.95 bits per heavy atom. The SMILES string of the molecule is CCCNc1cc(C)ccc1C(=O)C(C)(C)NCC(C)C. The summed E-state index contributed by atoms with van der Waals surface area (Å²) in [5.74, 6) is 0.662. The van der Waals surface area contributed by atoms with Gasteiger partial charge in [0.05, 0.1) is 5.54 Å². The first-order valence-corrected chi connectivity index (χ1v) is 7.92. The van der Waals surface area contributed by atoms with Gasteiger partial charge in [0, 0.05) is 17.8 Å². The molecule has 0 fully saturated rings. The lowest BCUT2D eigenvalue weighted by atomic mass is 9.91. The van der Waals surface area contributed by atoms with Gasteiger partial charge in [0.25, 0.3) is 0 Å². The van der Waals surface area contributed by atoms with Crippen molar-refractivity contribution in [2.75, 3.05) is 18.4 Å². The molecule has 1 rings (SSSR count). The van der Waals surface area contributed by atoms with Crippen LogP contribution in [-0.2, 0) is 0 Å². The molecule has 0 radical (unpaired) electrons. The summed E-state index contributed by atoms with van der Waals surface area (Å²) >= 11 is 0. The monoisotopic (exact) mass is 290 g/mol. The Kier molecular flexibility index (Phi) is 6.41. The number of carbonyl (C=O) groups is 1. The quantitative estimate of drug-likeness (QED) is 0.710. The fourth-order valence-electron chi connectivity index (χ4n) is 2.14. The number of hydrogen-bond acceptors (Lipinski definition) is 3. The zero-order valence-electron chi connectivity index (χ0n) is 14.3. The maximum absolute atomic E-state index is 12.9. The van der Waals surface area contributed by atoms with Crippen LogP contribution in [0, 0.1) is 12.8 Å². The minimum atomic E-state index is -0.553. The van der Waals surface area contributed by atoms with Gasteiger partial charge in [0.2, 0.25) is 0 Å². The summed E-state index contributed by atoms with van der Waals surface area (Å²) in [7, 11) is 0. The molecular formula is C18H30N2O. The van der Waals surface area contributed by atoms with E-state index in [1.54, 1.807) is 0 Å². The van der Waals surface area contributed by atoms with Gasteiger partial charge in [0.1, 0.15) is 0 Å². The molecule has 0 unspecified atom stereocenters. The van der Waals surface area contributed by atoms with Crippen molar-refractivity contribution in [2.24, 2.45) is 5.92 Å². The Labute approximate surface area is 129 Å². The molecule has 0 bridgehead atoms. The highest BCUT2D eigenvalue weighted by atomic mass is 16.1. The molecule has 3 nitrogen and oxygen atoms in total. The molecule has 0 aliphatic rings. The van der Waals surface area contributed by atoms with E-state index in [1.807, 2.05) is 32.9 Å². The standard InChI is InChI=1S/C18H30N2O/c1-7-10-19-16-11-14(4)8-9-15(16)17(21)18(5,6)20-12-13(2)3/h8-9,11,13,19-20H,7,10,12H2,1-6H3. The van der Waals surface area contributed by atoms with Gasteiger partial charge in [-0.2, -0.15) is 0 Å². The molecule has 1 aromatic rings. The van der Waals surface area contributed by atoms with Crippen molar-refractivity contribution in [3.05, 3.63) is 29.3 Å². The second kappa shape index (κ2) is 7.60. The number of nitrogens with one attached hydrogen (secondary N) is 2. The summed E-state index contributed by atoms with van der Waals surface area (Å²) < 4.78 is 0. The van der Waals surface area contributed by atoms with Gasteiger partial charge in [0.15, 0.2) is 5.78 Å². The van der Waals surface area contributed by atoms with E-state index in [1.165, 1.54) is 0 Å². The van der Waals surface area contributed by atoms with Gasteiger partial charge < -0.3 is 10.6 Å². The van der Waals surface area contributed by atoms with Crippen molar-refractivity contribution in [3.8, 4) is 0 Å². The first-order valence-electron chi connectivity index (χ1n) is 7.92. The summed E-state index contributed by atoms with van der Waals surface area (Å²) in [6, 6.07) is 6.00. The van der Waals surface area contributed by atoms with Crippen LogP contribution in [0.4, 0.5) is 5.69 Å². The normalized spacial score (nSPS) is 11.8. The average Bonchev–Trinajstić information content (AvgIpc) is 2.42. The number of anilines is 1. The van der Waals surface area contributed by atoms with Gasteiger partial charge in [-0.15, -0.1) is 0 Å². The first kappa shape index (κ1) is 17.7. The molecule has 1 aromatic carbocycles. The summed E-state index contributed by atoms with van der Waals surface area (Å²) in [4.78, 5) is 12.9. The van der Waals surface area contributed by atoms with Crippen LogP contribution in [0.25, 0.3) is 0 Å². The van der Waals surface area contributed by atoms with Crippen LogP contribution < -0.4 is 10.6 Å². The number of Topliss-reactive ketones (excluding diaryl/α,β-unsaturated/α-hetero) is 1. The molecule has 118 valence electrons. The lowest BCUT2D eigenvalue weighted by Crippen LogP contribution is -2.48. The van der Waals surface area contributed by atoms with Crippen molar-refractivity contribution < 1.29 is 4.79 Å². The zero-order chi connectivity index (χ0) is 16.0. The Balaban J connectivity index is 2.99. The van der Waals surface area contributed by atoms with E-state index < -0.39 is 5.54 Å². The number of aryl methyl sites for hydroxylation is 1. The van der Waals surface area contributed by atoms with E-state index in [-0.39, 0.29) is 5.78 Å². The van der Waals surface area contributed by atoms with Crippen molar-refractivity contribution in [1.29, 1.82) is 0 Å². The Bertz CT molecular complexity index is 478. The van der Waals surface area contributed by atoms with E-state index in [4.69, 9.17) is 0 Å². The molecule has 2 N–H and O–H groups in total. The molecule has 0 aliphatic carbocycles. The third kappa shape index (κ3) is 5.16. The van der Waals surface area contributed by atoms with Gasteiger partial charge in [-0.25, -0.2) is 0 Å². The summed E-state index contributed by atoms with van der Waals surface area (Å²) in [5.41, 5.74) is 2.33. The fraction of sp³-hybridized carbons (Fsp3) is 0.611.